The van der Waals surface area contributed by atoms with E-state index in [4.69, 9.17) is 20.6 Å². The first-order chi connectivity index (χ1) is 14.1. The molecule has 1 unspecified atom stereocenters. The van der Waals surface area contributed by atoms with Crippen molar-refractivity contribution in [3.05, 3.63) is 72.1 Å². The van der Waals surface area contributed by atoms with Crippen LogP contribution in [-0.2, 0) is 24.2 Å². The Kier molecular flexibility index (Phi) is 6.39. The van der Waals surface area contributed by atoms with E-state index >= 15 is 0 Å². The zero-order valence-corrected chi connectivity index (χ0v) is 16.9. The molecule has 0 spiro atoms. The Labute approximate surface area is 170 Å². The minimum absolute atomic E-state index is 0.0881. The van der Waals surface area contributed by atoms with Crippen LogP contribution in [-0.4, -0.2) is 33.4 Å². The summed E-state index contributed by atoms with van der Waals surface area (Å²) in [6, 6.07) is 15.3. The van der Waals surface area contributed by atoms with E-state index in [2.05, 4.69) is 5.92 Å². The number of hydrogen-bond donors (Lipinski definition) is 0. The van der Waals surface area contributed by atoms with Gasteiger partial charge in [0.15, 0.2) is 6.10 Å². The molecule has 0 fully saturated rings. The number of terminal acetylenes is 1. The predicted octanol–water partition coefficient (Wildman–Crippen LogP) is 3.79. The highest BCUT2D eigenvalue weighted by Gasteiger charge is 2.30. The summed E-state index contributed by atoms with van der Waals surface area (Å²) in [6.45, 7) is -0.0881. The first-order valence-electron chi connectivity index (χ1n) is 8.76. The molecule has 7 heteroatoms. The number of rotatable bonds is 8. The first kappa shape index (κ1) is 20.7. The van der Waals surface area contributed by atoms with E-state index in [0.717, 1.165) is 0 Å². The molecular weight excluding hydrogens is 390 g/mol. The van der Waals surface area contributed by atoms with Crippen LogP contribution in [0, 0.1) is 12.3 Å². The quantitative estimate of drug-likeness (QED) is 0.321. The number of nitrogens with zero attached hydrogens (tertiary/aromatic N) is 1. The fourth-order valence-corrected chi connectivity index (χ4v) is 4.70. The van der Waals surface area contributed by atoms with Crippen molar-refractivity contribution in [2.75, 3.05) is 21.0 Å². The summed E-state index contributed by atoms with van der Waals surface area (Å²) in [5.74, 6) is 2.53. The van der Waals surface area contributed by atoms with Gasteiger partial charge in [0.25, 0.3) is 10.0 Å². The van der Waals surface area contributed by atoms with Crippen LogP contribution in [0.1, 0.15) is 17.4 Å². The largest absolute Gasteiger partial charge is 0.504 e. The number of methoxy groups -OCH3 is 2. The van der Waals surface area contributed by atoms with Crippen LogP contribution in [0.2, 0.25) is 0 Å². The second kappa shape index (κ2) is 8.97. The molecule has 29 heavy (non-hydrogen) atoms. The van der Waals surface area contributed by atoms with Gasteiger partial charge in [0.1, 0.15) is 6.79 Å². The van der Waals surface area contributed by atoms with Gasteiger partial charge in [-0.15, -0.1) is 6.42 Å². The van der Waals surface area contributed by atoms with Crippen molar-refractivity contribution in [2.24, 2.45) is 0 Å². The zero-order valence-electron chi connectivity index (χ0n) is 16.1. The smallest absolute Gasteiger partial charge is 0.268 e. The summed E-state index contributed by atoms with van der Waals surface area (Å²) >= 11 is 0. The third-order valence-corrected chi connectivity index (χ3v) is 6.05. The summed E-state index contributed by atoms with van der Waals surface area (Å²) < 4.78 is 44.1. The molecule has 0 saturated heterocycles. The van der Waals surface area contributed by atoms with Crippen molar-refractivity contribution in [1.29, 1.82) is 0 Å². The van der Waals surface area contributed by atoms with Crippen molar-refractivity contribution in [3.63, 3.8) is 0 Å². The normalized spacial score (nSPS) is 12.9. The molecule has 0 aliphatic carbocycles. The molecule has 1 heterocycles. The van der Waals surface area contributed by atoms with Crippen LogP contribution in [0.3, 0.4) is 0 Å². The summed E-state index contributed by atoms with van der Waals surface area (Å²) in [6.07, 6.45) is 7.90. The van der Waals surface area contributed by atoms with E-state index in [1.165, 1.54) is 24.5 Å². The van der Waals surface area contributed by atoms with Crippen LogP contribution in [0.5, 0.6) is 0 Å². The zero-order chi connectivity index (χ0) is 20.9. The molecule has 1 aromatic heterocycles. The average Bonchev–Trinajstić information content (AvgIpc) is 3.08. The van der Waals surface area contributed by atoms with Crippen molar-refractivity contribution in [2.45, 2.75) is 11.0 Å². The van der Waals surface area contributed by atoms with Gasteiger partial charge in [0.2, 0.25) is 0 Å². The molecule has 3 rings (SSSR count). The van der Waals surface area contributed by atoms with Crippen LogP contribution >= 0.6 is 0 Å². The Hall–Kier alpha value is -3.05. The lowest BCUT2D eigenvalue weighted by Crippen LogP contribution is -2.19. The molecule has 0 saturated carbocycles. The Morgan fingerprint density at radius 1 is 1.10 bits per heavy atom. The summed E-state index contributed by atoms with van der Waals surface area (Å²) in [4.78, 5) is 0.145. The number of fused-ring (bicyclic) bond motifs is 1. The van der Waals surface area contributed by atoms with Crippen LogP contribution in [0.4, 0.5) is 0 Å². The van der Waals surface area contributed by atoms with E-state index in [-0.39, 0.29) is 11.7 Å². The lowest BCUT2D eigenvalue weighted by Gasteiger charge is -2.17. The topological polar surface area (TPSA) is 66.8 Å². The molecule has 1 atom stereocenters. The predicted molar refractivity (Wildman–Crippen MR) is 112 cm³/mol. The third-order valence-electron chi connectivity index (χ3n) is 4.31. The Morgan fingerprint density at radius 3 is 2.45 bits per heavy atom. The molecule has 3 aromatic rings. The molecule has 0 aliphatic rings. The van der Waals surface area contributed by atoms with Crippen LogP contribution in [0.25, 0.3) is 17.0 Å². The summed E-state index contributed by atoms with van der Waals surface area (Å²) in [5.41, 5.74) is 1.40. The minimum atomic E-state index is -3.95. The summed E-state index contributed by atoms with van der Waals surface area (Å²) in [7, 11) is -0.977. The third kappa shape index (κ3) is 3.91. The number of para-hydroxylation sites is 1. The van der Waals surface area contributed by atoms with Crippen LogP contribution in [0.15, 0.2) is 65.8 Å². The van der Waals surface area contributed by atoms with Crippen molar-refractivity contribution >= 4 is 27.0 Å². The molecule has 6 nitrogen and oxygen atoms in total. The second-order valence-corrected chi connectivity index (χ2v) is 7.84. The molecule has 0 N–H and O–H groups in total. The minimum Gasteiger partial charge on any atom is -0.504 e. The van der Waals surface area contributed by atoms with E-state index in [0.29, 0.717) is 22.2 Å². The van der Waals surface area contributed by atoms with Gasteiger partial charge >= 0.3 is 0 Å². The maximum Gasteiger partial charge on any atom is 0.268 e. The van der Waals surface area contributed by atoms with Gasteiger partial charge in [-0.1, -0.05) is 42.3 Å². The maximum atomic E-state index is 13.6. The molecular formula is C22H21NO5S. The van der Waals surface area contributed by atoms with Gasteiger partial charge < -0.3 is 14.2 Å². The molecule has 0 radical (unpaired) electrons. The van der Waals surface area contributed by atoms with Gasteiger partial charge in [-0.05, 0) is 24.3 Å². The average molecular weight is 411 g/mol. The second-order valence-electron chi connectivity index (χ2n) is 6.06. The van der Waals surface area contributed by atoms with Gasteiger partial charge in [0, 0.05) is 18.1 Å². The fourth-order valence-electron chi connectivity index (χ4n) is 3.11. The maximum absolute atomic E-state index is 13.6. The monoisotopic (exact) mass is 411 g/mol. The lowest BCUT2D eigenvalue weighted by atomic mass is 10.1. The Balaban J connectivity index is 2.40. The standard InChI is InChI=1S/C22H21NO5S/c1-4-21(28-16-27-3)22-19(14-15-26-2)18-12-8-9-13-20(18)23(22)29(24,25)17-10-6-5-7-11-17/h1,5-15,21H,16H2,2-3H3/b15-14+. The first-order valence-corrected chi connectivity index (χ1v) is 10.2. The number of aromatic nitrogens is 1. The van der Waals surface area contributed by atoms with Gasteiger partial charge in [-0.2, -0.15) is 0 Å². The van der Waals surface area contributed by atoms with Crippen molar-refractivity contribution in [1.82, 2.24) is 3.97 Å². The molecule has 150 valence electrons. The summed E-state index contributed by atoms with van der Waals surface area (Å²) in [5, 5.41) is 0.705. The molecule has 0 bridgehead atoms. The number of benzene rings is 2. The Bertz CT molecular complexity index is 1160. The molecule has 0 aliphatic heterocycles. The van der Waals surface area contributed by atoms with E-state index in [1.807, 2.05) is 12.1 Å². The fraction of sp³-hybridized carbons (Fsp3) is 0.182. The van der Waals surface area contributed by atoms with Crippen LogP contribution < -0.4 is 0 Å². The van der Waals surface area contributed by atoms with Gasteiger partial charge in [-0.25, -0.2) is 12.4 Å². The van der Waals surface area contributed by atoms with E-state index in [1.54, 1.807) is 48.5 Å². The van der Waals surface area contributed by atoms with Crippen molar-refractivity contribution in [3.8, 4) is 12.3 Å². The highest BCUT2D eigenvalue weighted by Crippen LogP contribution is 2.36. The van der Waals surface area contributed by atoms with E-state index in [9.17, 15) is 8.42 Å². The SMILES string of the molecule is C#CC(OCOC)c1c(/C=C/OC)c2ccccc2n1S(=O)(=O)c1ccccc1. The molecule has 0 amide bonds. The Morgan fingerprint density at radius 2 is 1.79 bits per heavy atom. The number of hydrogen-bond acceptors (Lipinski definition) is 5. The molecule has 2 aromatic carbocycles. The van der Waals surface area contributed by atoms with E-state index < -0.39 is 16.1 Å². The number of ether oxygens (including phenoxy) is 3. The van der Waals surface area contributed by atoms with Crippen molar-refractivity contribution < 1.29 is 22.6 Å². The van der Waals surface area contributed by atoms with Gasteiger partial charge in [0.05, 0.1) is 29.5 Å². The highest BCUT2D eigenvalue weighted by molar-refractivity contribution is 7.90. The van der Waals surface area contributed by atoms with Gasteiger partial charge in [-0.3, -0.25) is 0 Å². The lowest BCUT2D eigenvalue weighted by molar-refractivity contribution is -0.0548. The highest BCUT2D eigenvalue weighted by atomic mass is 32.2.